The molecule has 2 fully saturated rings. The molecule has 3 amide bonds. The minimum absolute atomic E-state index is 0.0176. The summed E-state index contributed by atoms with van der Waals surface area (Å²) in [6, 6.07) is 5.88. The number of para-hydroxylation sites is 1. The quantitative estimate of drug-likeness (QED) is 0.522. The van der Waals surface area contributed by atoms with Gasteiger partial charge < -0.3 is 10.1 Å². The van der Waals surface area contributed by atoms with E-state index in [1.54, 1.807) is 0 Å². The predicted octanol–water partition coefficient (Wildman–Crippen LogP) is 2.86. The first-order valence-electron chi connectivity index (χ1n) is 10.9. The molecular weight excluding hydrogens is 384 g/mol. The number of anilines is 1. The van der Waals surface area contributed by atoms with Gasteiger partial charge in [0.25, 0.3) is 5.91 Å². The summed E-state index contributed by atoms with van der Waals surface area (Å²) >= 11 is 0. The molecule has 162 valence electrons. The molecule has 30 heavy (non-hydrogen) atoms. The van der Waals surface area contributed by atoms with Crippen molar-refractivity contribution in [2.45, 2.75) is 58.8 Å². The van der Waals surface area contributed by atoms with Crippen molar-refractivity contribution >= 4 is 29.4 Å². The normalized spacial score (nSPS) is 20.8. The summed E-state index contributed by atoms with van der Waals surface area (Å²) in [5.74, 6) is -1.78. The fraction of sp³-hybridized carbons (Fsp3) is 0.565. The fourth-order valence-electron chi connectivity index (χ4n) is 4.45. The summed E-state index contributed by atoms with van der Waals surface area (Å²) in [7, 11) is 0. The zero-order chi connectivity index (χ0) is 21.7. The lowest BCUT2D eigenvalue weighted by atomic mass is 9.81. The molecule has 1 saturated heterocycles. The Hall–Kier alpha value is -2.70. The molecule has 1 aromatic carbocycles. The topological polar surface area (TPSA) is 92.8 Å². The molecule has 1 N–H and O–H groups in total. The lowest BCUT2D eigenvalue weighted by Crippen LogP contribution is -2.33. The Kier molecular flexibility index (Phi) is 7.24. The molecule has 0 unspecified atom stereocenters. The van der Waals surface area contributed by atoms with Gasteiger partial charge in [-0.15, -0.1) is 0 Å². The molecule has 0 aromatic heterocycles. The van der Waals surface area contributed by atoms with E-state index in [4.69, 9.17) is 4.74 Å². The van der Waals surface area contributed by atoms with Crippen molar-refractivity contribution in [2.75, 3.05) is 18.5 Å². The number of carbonyl (C=O) groups excluding carboxylic acids is 4. The zero-order valence-electron chi connectivity index (χ0n) is 17.7. The van der Waals surface area contributed by atoms with Gasteiger partial charge in [-0.05, 0) is 36.8 Å². The Morgan fingerprint density at radius 3 is 2.13 bits per heavy atom. The number of carbonyl (C=O) groups is 4. The molecule has 0 radical (unpaired) electrons. The number of nitrogens with zero attached hydrogens (tertiary/aromatic N) is 1. The van der Waals surface area contributed by atoms with Crippen LogP contribution < -0.4 is 5.32 Å². The van der Waals surface area contributed by atoms with Crippen LogP contribution in [0.2, 0.25) is 0 Å². The average molecular weight is 415 g/mol. The number of aryl methyl sites for hydroxylation is 2. The minimum Gasteiger partial charge on any atom is -0.456 e. The summed E-state index contributed by atoms with van der Waals surface area (Å²) in [4.78, 5) is 50.4. The van der Waals surface area contributed by atoms with Gasteiger partial charge in [-0.25, -0.2) is 0 Å². The van der Waals surface area contributed by atoms with Crippen LogP contribution in [0.3, 0.4) is 0 Å². The van der Waals surface area contributed by atoms with Crippen LogP contribution in [0, 0.1) is 11.8 Å². The number of benzene rings is 1. The van der Waals surface area contributed by atoms with Crippen molar-refractivity contribution < 1.29 is 23.9 Å². The Morgan fingerprint density at radius 1 is 1.03 bits per heavy atom. The third-order valence-corrected chi connectivity index (χ3v) is 6.10. The summed E-state index contributed by atoms with van der Waals surface area (Å²) in [5, 5.41) is 2.85. The SMILES string of the molecule is CCc1cccc(CC)c1NC(=O)COC(=O)CCN1C(=O)[C@@H]2CCCC[C@H]2C1=O. The van der Waals surface area contributed by atoms with Gasteiger partial charge in [0.2, 0.25) is 11.8 Å². The molecule has 2 aliphatic rings. The second-order valence-electron chi connectivity index (χ2n) is 7.94. The van der Waals surface area contributed by atoms with E-state index in [1.807, 2.05) is 32.0 Å². The molecule has 7 heteroatoms. The lowest BCUT2D eigenvalue weighted by Gasteiger charge is -2.19. The maximum Gasteiger partial charge on any atom is 0.308 e. The first-order chi connectivity index (χ1) is 14.5. The van der Waals surface area contributed by atoms with Crippen LogP contribution in [0.4, 0.5) is 5.69 Å². The predicted molar refractivity (Wildman–Crippen MR) is 112 cm³/mol. The number of rotatable bonds is 8. The molecule has 1 aliphatic heterocycles. The summed E-state index contributed by atoms with van der Waals surface area (Å²) < 4.78 is 5.07. The van der Waals surface area contributed by atoms with E-state index in [2.05, 4.69) is 5.32 Å². The average Bonchev–Trinajstić information content (AvgIpc) is 3.01. The van der Waals surface area contributed by atoms with Gasteiger partial charge in [-0.3, -0.25) is 24.1 Å². The first kappa shape index (κ1) is 22.0. The number of esters is 1. The van der Waals surface area contributed by atoms with Crippen LogP contribution in [0.1, 0.15) is 57.1 Å². The van der Waals surface area contributed by atoms with Crippen LogP contribution in [0.25, 0.3) is 0 Å². The minimum atomic E-state index is -0.597. The van der Waals surface area contributed by atoms with E-state index in [0.717, 1.165) is 55.3 Å². The van der Waals surface area contributed by atoms with Gasteiger partial charge in [0.15, 0.2) is 6.61 Å². The first-order valence-corrected chi connectivity index (χ1v) is 10.9. The summed E-state index contributed by atoms with van der Waals surface area (Å²) in [5.41, 5.74) is 2.84. The molecule has 0 bridgehead atoms. The number of ether oxygens (including phenoxy) is 1. The van der Waals surface area contributed by atoms with Gasteiger partial charge >= 0.3 is 5.97 Å². The molecule has 3 rings (SSSR count). The smallest absolute Gasteiger partial charge is 0.308 e. The molecule has 1 saturated carbocycles. The van der Waals surface area contributed by atoms with Gasteiger partial charge in [-0.2, -0.15) is 0 Å². The fourth-order valence-corrected chi connectivity index (χ4v) is 4.45. The molecular formula is C23H30N2O5. The highest BCUT2D eigenvalue weighted by atomic mass is 16.5. The van der Waals surface area contributed by atoms with E-state index in [1.165, 1.54) is 4.90 Å². The van der Waals surface area contributed by atoms with Crippen LogP contribution in [-0.4, -0.2) is 41.7 Å². The van der Waals surface area contributed by atoms with Crippen LogP contribution in [0.5, 0.6) is 0 Å². The van der Waals surface area contributed by atoms with Gasteiger partial charge in [0, 0.05) is 12.2 Å². The third-order valence-electron chi connectivity index (χ3n) is 6.10. The van der Waals surface area contributed by atoms with E-state index < -0.39 is 18.5 Å². The van der Waals surface area contributed by atoms with Crippen LogP contribution in [-0.2, 0) is 36.8 Å². The van der Waals surface area contributed by atoms with E-state index in [-0.39, 0.29) is 36.6 Å². The van der Waals surface area contributed by atoms with Crippen molar-refractivity contribution in [3.8, 4) is 0 Å². The summed E-state index contributed by atoms with van der Waals surface area (Å²) in [6.07, 6.45) is 4.88. The number of amides is 3. The lowest BCUT2D eigenvalue weighted by molar-refractivity contribution is -0.148. The number of likely N-dealkylation sites (tertiary alicyclic amines) is 1. The number of hydrogen-bond acceptors (Lipinski definition) is 5. The second kappa shape index (κ2) is 9.87. The zero-order valence-corrected chi connectivity index (χ0v) is 17.7. The molecule has 1 aliphatic carbocycles. The van der Waals surface area contributed by atoms with Crippen LogP contribution in [0.15, 0.2) is 18.2 Å². The van der Waals surface area contributed by atoms with Crippen molar-refractivity contribution in [1.82, 2.24) is 4.90 Å². The third kappa shape index (κ3) is 4.71. The van der Waals surface area contributed by atoms with Gasteiger partial charge in [-0.1, -0.05) is 44.9 Å². The Balaban J connectivity index is 1.48. The summed E-state index contributed by atoms with van der Waals surface area (Å²) in [6.45, 7) is 3.65. The van der Waals surface area contributed by atoms with Gasteiger partial charge in [0.05, 0.1) is 18.3 Å². The van der Waals surface area contributed by atoms with E-state index >= 15 is 0 Å². The maximum atomic E-state index is 12.4. The van der Waals surface area contributed by atoms with Gasteiger partial charge in [0.1, 0.15) is 0 Å². The maximum absolute atomic E-state index is 12.4. The van der Waals surface area contributed by atoms with Crippen molar-refractivity contribution in [2.24, 2.45) is 11.8 Å². The van der Waals surface area contributed by atoms with Crippen molar-refractivity contribution in [3.05, 3.63) is 29.3 Å². The molecule has 2 atom stereocenters. The molecule has 1 heterocycles. The highest BCUT2D eigenvalue weighted by Crippen LogP contribution is 2.38. The molecule has 1 aromatic rings. The molecule has 7 nitrogen and oxygen atoms in total. The van der Waals surface area contributed by atoms with E-state index in [0.29, 0.717) is 0 Å². The monoisotopic (exact) mass is 414 g/mol. The second-order valence-corrected chi connectivity index (χ2v) is 7.94. The van der Waals surface area contributed by atoms with E-state index in [9.17, 15) is 19.2 Å². The highest BCUT2D eigenvalue weighted by Gasteiger charge is 2.47. The number of fused-ring (bicyclic) bond motifs is 1. The van der Waals surface area contributed by atoms with Crippen LogP contribution >= 0.6 is 0 Å². The standard InChI is InChI=1S/C23H30N2O5/c1-3-15-8-7-9-16(4-2)21(15)24-19(26)14-30-20(27)12-13-25-22(28)17-10-5-6-11-18(17)23(25)29/h7-9,17-18H,3-6,10-14H2,1-2H3,(H,24,26)/t17-,18-/m1/s1. The van der Waals surface area contributed by atoms with Crippen molar-refractivity contribution in [3.63, 3.8) is 0 Å². The number of nitrogens with one attached hydrogen (secondary N) is 1. The Labute approximate surface area is 177 Å². The number of imide groups is 1. The number of hydrogen-bond donors (Lipinski definition) is 1. The highest BCUT2D eigenvalue weighted by molar-refractivity contribution is 6.05. The largest absolute Gasteiger partial charge is 0.456 e. The van der Waals surface area contributed by atoms with Crippen molar-refractivity contribution in [1.29, 1.82) is 0 Å². The Morgan fingerprint density at radius 2 is 1.60 bits per heavy atom. The molecule has 0 spiro atoms. The Bertz CT molecular complexity index is 789.